The van der Waals surface area contributed by atoms with Gasteiger partial charge in [0.05, 0.1) is 5.56 Å². The van der Waals surface area contributed by atoms with Gasteiger partial charge in [0.25, 0.3) is 5.56 Å². The summed E-state index contributed by atoms with van der Waals surface area (Å²) in [5.74, 6) is -0.145. The summed E-state index contributed by atoms with van der Waals surface area (Å²) in [5.41, 5.74) is 2.40. The van der Waals surface area contributed by atoms with E-state index < -0.39 is 0 Å². The zero-order valence-electron chi connectivity index (χ0n) is 10.6. The topological polar surface area (TPSA) is 42.3 Å². The van der Waals surface area contributed by atoms with Crippen molar-refractivity contribution in [1.29, 1.82) is 0 Å². The van der Waals surface area contributed by atoms with Gasteiger partial charge in [0, 0.05) is 31.7 Å². The predicted octanol–water partition coefficient (Wildman–Crippen LogP) is 1.06. The molecule has 1 aliphatic heterocycles. The number of nitrogens with zero attached hydrogens (tertiary/aromatic N) is 2. The molecule has 0 radical (unpaired) electrons. The second kappa shape index (κ2) is 4.45. The van der Waals surface area contributed by atoms with Crippen LogP contribution in [0.25, 0.3) is 0 Å². The highest BCUT2D eigenvalue weighted by molar-refractivity contribution is 5.93. The van der Waals surface area contributed by atoms with Crippen molar-refractivity contribution in [2.45, 2.75) is 33.4 Å². The third-order valence-corrected chi connectivity index (χ3v) is 3.36. The van der Waals surface area contributed by atoms with Crippen molar-refractivity contribution >= 4 is 5.78 Å². The summed E-state index contributed by atoms with van der Waals surface area (Å²) in [6.45, 7) is 5.81. The molecule has 0 unspecified atom stereocenters. The fraction of sp³-hybridized carbons (Fsp3) is 0.538. The van der Waals surface area contributed by atoms with Gasteiger partial charge in [-0.05, 0) is 32.5 Å². The first-order chi connectivity index (χ1) is 8.04. The molecule has 4 heteroatoms. The summed E-state index contributed by atoms with van der Waals surface area (Å²) in [4.78, 5) is 25.8. The molecule has 2 rings (SSSR count). The van der Waals surface area contributed by atoms with Crippen molar-refractivity contribution in [2.75, 3.05) is 13.6 Å². The van der Waals surface area contributed by atoms with Crippen LogP contribution in [0.1, 0.15) is 35.5 Å². The highest BCUT2D eigenvalue weighted by Gasteiger charge is 2.20. The van der Waals surface area contributed by atoms with Crippen molar-refractivity contribution in [2.24, 2.45) is 0 Å². The smallest absolute Gasteiger partial charge is 0.261 e. The molecule has 0 saturated carbocycles. The zero-order chi connectivity index (χ0) is 12.6. The number of likely N-dealkylation sites (N-methyl/N-ethyl adjacent to an activating group) is 1. The van der Waals surface area contributed by atoms with Crippen LogP contribution in [0.2, 0.25) is 0 Å². The summed E-state index contributed by atoms with van der Waals surface area (Å²) in [5, 5.41) is 0. The molecule has 1 aliphatic rings. The molecule has 1 aromatic rings. The Hall–Kier alpha value is -1.42. The molecule has 2 heterocycles. The van der Waals surface area contributed by atoms with Crippen LogP contribution in [0.15, 0.2) is 10.9 Å². The standard InChI is InChI=1S/C13H18N2O2/c1-4-15-12-5-6-14(3)8-10(12)7-11(9(2)16)13(15)17/h7H,4-6,8H2,1-3H3. The van der Waals surface area contributed by atoms with E-state index >= 15 is 0 Å². The van der Waals surface area contributed by atoms with Crippen LogP contribution in [0, 0.1) is 0 Å². The third kappa shape index (κ3) is 2.05. The number of ketones is 1. The number of pyridine rings is 1. The first kappa shape index (κ1) is 12.0. The quantitative estimate of drug-likeness (QED) is 0.719. The Balaban J connectivity index is 2.66. The second-order valence-corrected chi connectivity index (χ2v) is 4.62. The minimum Gasteiger partial charge on any atom is -0.312 e. The van der Waals surface area contributed by atoms with E-state index in [2.05, 4.69) is 11.9 Å². The molecule has 4 nitrogen and oxygen atoms in total. The molecule has 0 saturated heterocycles. The highest BCUT2D eigenvalue weighted by atomic mass is 16.1. The molecule has 0 aliphatic carbocycles. The van der Waals surface area contributed by atoms with E-state index in [1.165, 1.54) is 6.92 Å². The van der Waals surface area contributed by atoms with Gasteiger partial charge in [-0.1, -0.05) is 0 Å². The van der Waals surface area contributed by atoms with Gasteiger partial charge in [-0.15, -0.1) is 0 Å². The average Bonchev–Trinajstić information content (AvgIpc) is 2.28. The largest absolute Gasteiger partial charge is 0.312 e. The molecule has 0 fully saturated rings. The number of rotatable bonds is 2. The van der Waals surface area contributed by atoms with Gasteiger partial charge in [0.1, 0.15) is 0 Å². The number of Topliss-reactive ketones (excluding diaryl/α,β-unsaturated/α-hetero) is 1. The number of carbonyl (C=O) groups excluding carboxylic acids is 1. The number of hydrogen-bond donors (Lipinski definition) is 0. The Kier molecular flexibility index (Phi) is 3.15. The van der Waals surface area contributed by atoms with Gasteiger partial charge in [-0.2, -0.15) is 0 Å². The zero-order valence-corrected chi connectivity index (χ0v) is 10.6. The van der Waals surface area contributed by atoms with Gasteiger partial charge in [-0.25, -0.2) is 0 Å². The molecule has 0 bridgehead atoms. The van der Waals surface area contributed by atoms with Crippen molar-refractivity contribution < 1.29 is 4.79 Å². The lowest BCUT2D eigenvalue weighted by Gasteiger charge is -2.27. The van der Waals surface area contributed by atoms with Gasteiger partial charge in [-0.3, -0.25) is 9.59 Å². The molecule has 1 aromatic heterocycles. The summed E-state index contributed by atoms with van der Waals surface area (Å²) >= 11 is 0. The molecule has 17 heavy (non-hydrogen) atoms. The molecular formula is C13H18N2O2. The summed E-state index contributed by atoms with van der Waals surface area (Å²) in [7, 11) is 2.05. The SMILES string of the molecule is CCn1c2c(cc(C(C)=O)c1=O)CN(C)CC2. The van der Waals surface area contributed by atoms with Gasteiger partial charge in [0.2, 0.25) is 0 Å². The molecule has 0 amide bonds. The van der Waals surface area contributed by atoms with Gasteiger partial charge < -0.3 is 9.47 Å². The molecular weight excluding hydrogens is 216 g/mol. The minimum absolute atomic E-state index is 0.136. The molecule has 0 atom stereocenters. The summed E-state index contributed by atoms with van der Waals surface area (Å²) < 4.78 is 1.75. The fourth-order valence-corrected chi connectivity index (χ4v) is 2.45. The Labute approximate surface area is 101 Å². The predicted molar refractivity (Wildman–Crippen MR) is 66.4 cm³/mol. The number of hydrogen-bond acceptors (Lipinski definition) is 3. The first-order valence-electron chi connectivity index (χ1n) is 5.99. The van der Waals surface area contributed by atoms with Crippen molar-refractivity contribution in [3.63, 3.8) is 0 Å². The third-order valence-electron chi connectivity index (χ3n) is 3.36. The minimum atomic E-state index is -0.145. The van der Waals surface area contributed by atoms with Crippen LogP contribution in [-0.4, -0.2) is 28.8 Å². The van der Waals surface area contributed by atoms with Crippen LogP contribution in [0.3, 0.4) is 0 Å². The molecule has 0 aromatic carbocycles. The monoisotopic (exact) mass is 234 g/mol. The van der Waals surface area contributed by atoms with E-state index in [-0.39, 0.29) is 11.3 Å². The number of carbonyl (C=O) groups is 1. The van der Waals surface area contributed by atoms with E-state index in [1.807, 2.05) is 6.92 Å². The average molecular weight is 234 g/mol. The maximum Gasteiger partial charge on any atom is 0.261 e. The van der Waals surface area contributed by atoms with E-state index in [4.69, 9.17) is 0 Å². The van der Waals surface area contributed by atoms with E-state index in [1.54, 1.807) is 10.6 Å². The van der Waals surface area contributed by atoms with Crippen LogP contribution < -0.4 is 5.56 Å². The van der Waals surface area contributed by atoms with Crippen LogP contribution in [-0.2, 0) is 19.5 Å². The Bertz CT molecular complexity index is 517. The second-order valence-electron chi connectivity index (χ2n) is 4.62. The Morgan fingerprint density at radius 2 is 2.18 bits per heavy atom. The Morgan fingerprint density at radius 3 is 2.76 bits per heavy atom. The highest BCUT2D eigenvalue weighted by Crippen LogP contribution is 2.17. The molecule has 92 valence electrons. The van der Waals surface area contributed by atoms with E-state index in [0.29, 0.717) is 12.1 Å². The van der Waals surface area contributed by atoms with Crippen molar-refractivity contribution in [3.8, 4) is 0 Å². The lowest BCUT2D eigenvalue weighted by Crippen LogP contribution is -2.35. The lowest BCUT2D eigenvalue weighted by molar-refractivity contribution is 0.101. The van der Waals surface area contributed by atoms with Crippen LogP contribution in [0.5, 0.6) is 0 Å². The normalized spacial score (nSPS) is 15.7. The summed E-state index contributed by atoms with van der Waals surface area (Å²) in [6.07, 6.45) is 0.882. The Morgan fingerprint density at radius 1 is 1.47 bits per heavy atom. The van der Waals surface area contributed by atoms with Crippen molar-refractivity contribution in [1.82, 2.24) is 9.47 Å². The number of aromatic nitrogens is 1. The lowest BCUT2D eigenvalue weighted by atomic mass is 10.0. The maximum absolute atomic E-state index is 12.1. The first-order valence-corrected chi connectivity index (χ1v) is 5.99. The summed E-state index contributed by atoms with van der Waals surface area (Å²) in [6, 6.07) is 1.78. The maximum atomic E-state index is 12.1. The molecule has 0 N–H and O–H groups in total. The van der Waals surface area contributed by atoms with Gasteiger partial charge in [0.15, 0.2) is 5.78 Å². The fourth-order valence-electron chi connectivity index (χ4n) is 2.45. The van der Waals surface area contributed by atoms with E-state index in [9.17, 15) is 9.59 Å². The van der Waals surface area contributed by atoms with Crippen LogP contribution >= 0.6 is 0 Å². The van der Waals surface area contributed by atoms with Crippen LogP contribution in [0.4, 0.5) is 0 Å². The number of fused-ring (bicyclic) bond motifs is 1. The van der Waals surface area contributed by atoms with Gasteiger partial charge >= 0.3 is 0 Å². The van der Waals surface area contributed by atoms with E-state index in [0.717, 1.165) is 30.8 Å². The molecule has 0 spiro atoms. The van der Waals surface area contributed by atoms with Crippen molar-refractivity contribution in [3.05, 3.63) is 33.2 Å².